The Labute approximate surface area is 132 Å². The first-order valence-electron chi connectivity index (χ1n) is 7.45. The van der Waals surface area contributed by atoms with Crippen LogP contribution in [-0.4, -0.2) is 39.4 Å². The average Bonchev–Trinajstić information content (AvgIpc) is 2.92. The minimum absolute atomic E-state index is 0.0371. The van der Waals surface area contributed by atoms with Crippen LogP contribution in [0.5, 0.6) is 0 Å². The Morgan fingerprint density at radius 2 is 2.26 bits per heavy atom. The van der Waals surface area contributed by atoms with Crippen LogP contribution >= 0.6 is 0 Å². The van der Waals surface area contributed by atoms with Crippen LogP contribution in [0.15, 0.2) is 12.7 Å². The van der Waals surface area contributed by atoms with Crippen LogP contribution < -0.4 is 10.6 Å². The van der Waals surface area contributed by atoms with Crippen molar-refractivity contribution in [3.8, 4) is 0 Å². The maximum atomic E-state index is 13.0. The van der Waals surface area contributed by atoms with Gasteiger partial charge in [-0.15, -0.1) is 16.8 Å². The molecule has 0 aliphatic carbocycles. The van der Waals surface area contributed by atoms with Crippen LogP contribution in [0, 0.1) is 0 Å². The van der Waals surface area contributed by atoms with Crippen LogP contribution in [0.25, 0.3) is 0 Å². The zero-order valence-corrected chi connectivity index (χ0v) is 12.9. The summed E-state index contributed by atoms with van der Waals surface area (Å²) in [5, 5.41) is 13.2. The van der Waals surface area contributed by atoms with Crippen molar-refractivity contribution in [1.82, 2.24) is 25.4 Å². The monoisotopic (exact) mass is 331 g/mol. The molecule has 1 amide bonds. The number of nitrogens with one attached hydrogen (secondary N) is 2. The van der Waals surface area contributed by atoms with E-state index in [0.717, 1.165) is 0 Å². The number of halogens is 3. The summed E-state index contributed by atoms with van der Waals surface area (Å²) in [6.07, 6.45) is -2.28. The van der Waals surface area contributed by atoms with Crippen LogP contribution in [-0.2, 0) is 17.9 Å². The third kappa shape index (κ3) is 4.10. The second kappa shape index (κ2) is 7.12. The lowest BCUT2D eigenvalue weighted by atomic mass is 9.98. The highest BCUT2D eigenvalue weighted by molar-refractivity contribution is 5.81. The van der Waals surface area contributed by atoms with Crippen molar-refractivity contribution in [3.05, 3.63) is 24.3 Å². The highest BCUT2D eigenvalue weighted by Gasteiger charge is 2.45. The van der Waals surface area contributed by atoms with Gasteiger partial charge in [0.05, 0.1) is 12.6 Å². The molecular weight excluding hydrogens is 311 g/mol. The fourth-order valence-electron chi connectivity index (χ4n) is 2.54. The standard InChI is InChI=1S/C14H20F3N5O/c1-3-6-18-13(23)9(2)19-8-11-20-21-12-10(14(15,16)17)5-4-7-22(11)12/h3,9-10,19H,1,4-8H2,2H3,(H,18,23)/t9-,10+/m0/s1. The SMILES string of the molecule is C=CCNC(=O)[C@H](C)NCc1nnc2n1CCC[C@H]2C(F)(F)F. The number of aromatic nitrogens is 3. The minimum Gasteiger partial charge on any atom is -0.351 e. The number of hydrogen-bond donors (Lipinski definition) is 2. The van der Waals surface area contributed by atoms with Crippen molar-refractivity contribution >= 4 is 5.91 Å². The number of carbonyl (C=O) groups is 1. The zero-order chi connectivity index (χ0) is 17.0. The van der Waals surface area contributed by atoms with E-state index in [0.29, 0.717) is 25.3 Å². The maximum absolute atomic E-state index is 13.0. The highest BCUT2D eigenvalue weighted by Crippen LogP contribution is 2.40. The van der Waals surface area contributed by atoms with Crippen molar-refractivity contribution in [2.75, 3.05) is 6.54 Å². The molecule has 0 aromatic carbocycles. The molecule has 0 radical (unpaired) electrons. The van der Waals surface area contributed by atoms with Gasteiger partial charge in [-0.2, -0.15) is 13.2 Å². The third-order valence-electron chi connectivity index (χ3n) is 3.82. The maximum Gasteiger partial charge on any atom is 0.398 e. The Morgan fingerprint density at radius 1 is 1.52 bits per heavy atom. The normalized spacial score (nSPS) is 19.0. The van der Waals surface area contributed by atoms with Gasteiger partial charge in [-0.25, -0.2) is 0 Å². The molecule has 0 unspecified atom stereocenters. The Bertz CT molecular complexity index is 569. The number of amides is 1. The predicted molar refractivity (Wildman–Crippen MR) is 77.6 cm³/mol. The van der Waals surface area contributed by atoms with E-state index in [1.165, 1.54) is 4.57 Å². The average molecular weight is 331 g/mol. The van der Waals surface area contributed by atoms with Crippen molar-refractivity contribution in [1.29, 1.82) is 0 Å². The summed E-state index contributed by atoms with van der Waals surface area (Å²) in [4.78, 5) is 11.7. The Hall–Kier alpha value is -1.90. The first-order chi connectivity index (χ1) is 10.8. The van der Waals surface area contributed by atoms with E-state index in [2.05, 4.69) is 27.4 Å². The van der Waals surface area contributed by atoms with Crippen molar-refractivity contribution in [3.63, 3.8) is 0 Å². The molecule has 128 valence electrons. The van der Waals surface area contributed by atoms with Crippen LogP contribution in [0.2, 0.25) is 0 Å². The van der Waals surface area contributed by atoms with E-state index in [9.17, 15) is 18.0 Å². The Kier molecular flexibility index (Phi) is 5.40. The lowest BCUT2D eigenvalue weighted by Crippen LogP contribution is -2.42. The molecule has 0 saturated carbocycles. The summed E-state index contributed by atoms with van der Waals surface area (Å²) in [7, 11) is 0. The molecule has 9 heteroatoms. The van der Waals surface area contributed by atoms with Crippen LogP contribution in [0.3, 0.4) is 0 Å². The first kappa shape index (κ1) is 17.5. The number of hydrogen-bond acceptors (Lipinski definition) is 4. The number of rotatable bonds is 6. The third-order valence-corrected chi connectivity index (χ3v) is 3.82. The van der Waals surface area contributed by atoms with Gasteiger partial charge in [0, 0.05) is 13.1 Å². The molecule has 0 fully saturated rings. The summed E-state index contributed by atoms with van der Waals surface area (Å²) in [5.41, 5.74) is 0. The molecule has 23 heavy (non-hydrogen) atoms. The van der Waals surface area contributed by atoms with Gasteiger partial charge in [-0.05, 0) is 19.8 Å². The van der Waals surface area contributed by atoms with Gasteiger partial charge >= 0.3 is 6.18 Å². The summed E-state index contributed by atoms with van der Waals surface area (Å²) in [6.45, 7) is 6.18. The van der Waals surface area contributed by atoms with Crippen molar-refractivity contribution in [2.45, 2.75) is 51.0 Å². The highest BCUT2D eigenvalue weighted by atomic mass is 19.4. The molecule has 1 aliphatic rings. The number of nitrogens with zero attached hydrogens (tertiary/aromatic N) is 3. The molecule has 1 aromatic heterocycles. The lowest BCUT2D eigenvalue weighted by molar-refractivity contribution is -0.156. The predicted octanol–water partition coefficient (Wildman–Crippen LogP) is 1.50. The second-order valence-electron chi connectivity index (χ2n) is 5.50. The minimum atomic E-state index is -4.31. The molecule has 1 aliphatic heterocycles. The summed E-state index contributed by atoms with van der Waals surface area (Å²) in [5.74, 6) is -1.40. The van der Waals surface area contributed by atoms with Crippen LogP contribution in [0.4, 0.5) is 13.2 Å². The number of carbonyl (C=O) groups excluding carboxylic acids is 1. The molecule has 2 rings (SSSR count). The molecule has 2 heterocycles. The van der Waals surface area contributed by atoms with E-state index in [4.69, 9.17) is 0 Å². The lowest BCUT2D eigenvalue weighted by Gasteiger charge is -2.25. The summed E-state index contributed by atoms with van der Waals surface area (Å²) < 4.78 is 40.5. The fraction of sp³-hybridized carbons (Fsp3) is 0.643. The number of alkyl halides is 3. The van der Waals surface area contributed by atoms with Crippen LogP contribution in [0.1, 0.15) is 37.3 Å². The van der Waals surface area contributed by atoms with Gasteiger partial charge < -0.3 is 9.88 Å². The fourth-order valence-corrected chi connectivity index (χ4v) is 2.54. The molecule has 0 spiro atoms. The van der Waals surface area contributed by atoms with E-state index in [1.54, 1.807) is 13.0 Å². The van der Waals surface area contributed by atoms with Gasteiger partial charge in [0.2, 0.25) is 5.91 Å². The van der Waals surface area contributed by atoms with E-state index < -0.39 is 18.1 Å². The molecule has 1 aromatic rings. The molecule has 2 N–H and O–H groups in total. The second-order valence-corrected chi connectivity index (χ2v) is 5.50. The summed E-state index contributed by atoms with van der Waals surface area (Å²) >= 11 is 0. The van der Waals surface area contributed by atoms with Gasteiger partial charge in [0.15, 0.2) is 0 Å². The quantitative estimate of drug-likeness (QED) is 0.775. The molecule has 6 nitrogen and oxygen atoms in total. The van der Waals surface area contributed by atoms with Crippen molar-refractivity contribution in [2.24, 2.45) is 0 Å². The Balaban J connectivity index is 2.02. The molecular formula is C14H20F3N5O. The molecule has 2 atom stereocenters. The van der Waals surface area contributed by atoms with E-state index in [1.807, 2.05) is 0 Å². The summed E-state index contributed by atoms with van der Waals surface area (Å²) in [6, 6.07) is -0.495. The van der Waals surface area contributed by atoms with Crippen molar-refractivity contribution < 1.29 is 18.0 Å². The van der Waals surface area contributed by atoms with Gasteiger partial charge in [0.25, 0.3) is 0 Å². The Morgan fingerprint density at radius 3 is 2.91 bits per heavy atom. The smallest absolute Gasteiger partial charge is 0.351 e. The largest absolute Gasteiger partial charge is 0.398 e. The molecule has 0 bridgehead atoms. The van der Waals surface area contributed by atoms with Gasteiger partial charge in [-0.1, -0.05) is 6.08 Å². The number of fused-ring (bicyclic) bond motifs is 1. The van der Waals surface area contributed by atoms with Gasteiger partial charge in [-0.3, -0.25) is 10.1 Å². The topological polar surface area (TPSA) is 71.8 Å². The van der Waals surface area contributed by atoms with E-state index in [-0.39, 0.29) is 24.7 Å². The van der Waals surface area contributed by atoms with E-state index >= 15 is 0 Å². The first-order valence-corrected chi connectivity index (χ1v) is 7.45. The van der Waals surface area contributed by atoms with Gasteiger partial charge in [0.1, 0.15) is 17.6 Å². The molecule has 0 saturated heterocycles. The zero-order valence-electron chi connectivity index (χ0n) is 12.9.